The van der Waals surface area contributed by atoms with Crippen LogP contribution in [0, 0.1) is 17.8 Å². The normalized spacial score (nSPS) is 32.8. The number of fused-ring (bicyclic) bond motifs is 1. The first kappa shape index (κ1) is 17.0. The molecule has 0 aromatic rings. The van der Waals surface area contributed by atoms with Crippen molar-refractivity contribution in [3.63, 3.8) is 0 Å². The number of unbranched alkanes of at least 4 members (excludes halogenated alkanes) is 5. The molecule has 122 valence electrons. The van der Waals surface area contributed by atoms with Gasteiger partial charge in [-0.25, -0.2) is 0 Å². The molecule has 2 N–H and O–H groups in total. The van der Waals surface area contributed by atoms with Gasteiger partial charge in [0, 0.05) is 12.3 Å². The zero-order chi connectivity index (χ0) is 15.2. The number of ketones is 1. The summed E-state index contributed by atoms with van der Waals surface area (Å²) in [5, 5.41) is 20.1. The van der Waals surface area contributed by atoms with Gasteiger partial charge in [-0.2, -0.15) is 0 Å². The summed E-state index contributed by atoms with van der Waals surface area (Å²) in [6.45, 7) is 2.22. The van der Waals surface area contributed by atoms with Crippen LogP contribution in [0.25, 0.3) is 0 Å². The van der Waals surface area contributed by atoms with Gasteiger partial charge in [-0.3, -0.25) is 4.79 Å². The zero-order valence-electron chi connectivity index (χ0n) is 13.5. The molecule has 0 heterocycles. The first-order chi connectivity index (χ1) is 10.1. The largest absolute Gasteiger partial charge is 0.393 e. The Kier molecular flexibility index (Phi) is 6.69. The van der Waals surface area contributed by atoms with Gasteiger partial charge in [-0.05, 0) is 37.5 Å². The number of carbonyl (C=O) groups is 1. The Morgan fingerprint density at radius 2 is 1.86 bits per heavy atom. The first-order valence-electron chi connectivity index (χ1n) is 9.02. The molecule has 3 nitrogen and oxygen atoms in total. The molecular formula is C18H32O3. The number of hydrogen-bond donors (Lipinski definition) is 2. The molecule has 21 heavy (non-hydrogen) atoms. The average molecular weight is 296 g/mol. The molecule has 5 atom stereocenters. The molecule has 2 aliphatic rings. The minimum absolute atomic E-state index is 0.140. The highest BCUT2D eigenvalue weighted by Gasteiger charge is 2.52. The molecule has 5 unspecified atom stereocenters. The maximum atomic E-state index is 11.4. The van der Waals surface area contributed by atoms with Crippen LogP contribution in [0.4, 0.5) is 0 Å². The van der Waals surface area contributed by atoms with E-state index in [1.54, 1.807) is 0 Å². The van der Waals surface area contributed by atoms with E-state index in [4.69, 9.17) is 0 Å². The van der Waals surface area contributed by atoms with Gasteiger partial charge in [0.1, 0.15) is 5.78 Å². The Morgan fingerprint density at radius 3 is 2.52 bits per heavy atom. The lowest BCUT2D eigenvalue weighted by Gasteiger charge is -2.32. The Labute approximate surface area is 129 Å². The molecular weight excluding hydrogens is 264 g/mol. The molecule has 0 amide bonds. The van der Waals surface area contributed by atoms with Crippen molar-refractivity contribution in [3.05, 3.63) is 0 Å². The summed E-state index contributed by atoms with van der Waals surface area (Å²) in [5.74, 6) is 1.15. The number of aliphatic hydroxyl groups excluding tert-OH is 2. The van der Waals surface area contributed by atoms with E-state index in [1.165, 1.54) is 32.1 Å². The van der Waals surface area contributed by atoms with Crippen LogP contribution in [0.1, 0.15) is 77.6 Å². The minimum Gasteiger partial charge on any atom is -0.393 e. The first-order valence-corrected chi connectivity index (χ1v) is 9.02. The van der Waals surface area contributed by atoms with Gasteiger partial charge in [-0.15, -0.1) is 0 Å². The second kappa shape index (κ2) is 8.28. The molecule has 3 heteroatoms. The standard InChI is InChI=1S/C18H32O3/c1-2-3-4-5-6-7-8-13(19)9-10-14-15-11-18(21)16(15)12-17(14)20/h13-17,19-20H,2-12H2,1H3. The summed E-state index contributed by atoms with van der Waals surface area (Å²) in [6, 6.07) is 0. The Hall–Kier alpha value is -0.410. The van der Waals surface area contributed by atoms with Crippen molar-refractivity contribution < 1.29 is 15.0 Å². The molecule has 2 saturated carbocycles. The summed E-state index contributed by atoms with van der Waals surface area (Å²) in [5.41, 5.74) is 0. The molecule has 0 aromatic heterocycles. The molecule has 0 bridgehead atoms. The second-order valence-corrected chi connectivity index (χ2v) is 7.20. The van der Waals surface area contributed by atoms with Crippen LogP contribution in [0.2, 0.25) is 0 Å². The molecule has 0 saturated heterocycles. The van der Waals surface area contributed by atoms with E-state index < -0.39 is 0 Å². The average Bonchev–Trinajstić information content (AvgIpc) is 2.72. The molecule has 0 spiro atoms. The number of Topliss-reactive ketones (excluding diaryl/α,β-unsaturated/α-hetero) is 1. The Balaban J connectivity index is 1.55. The van der Waals surface area contributed by atoms with Crippen molar-refractivity contribution >= 4 is 5.78 Å². The van der Waals surface area contributed by atoms with Gasteiger partial charge < -0.3 is 10.2 Å². The van der Waals surface area contributed by atoms with Crippen LogP contribution in [-0.2, 0) is 4.79 Å². The van der Waals surface area contributed by atoms with Crippen molar-refractivity contribution in [2.24, 2.45) is 17.8 Å². The van der Waals surface area contributed by atoms with E-state index in [0.717, 1.165) is 25.7 Å². The van der Waals surface area contributed by atoms with E-state index >= 15 is 0 Å². The van der Waals surface area contributed by atoms with Crippen molar-refractivity contribution in [1.82, 2.24) is 0 Å². The maximum Gasteiger partial charge on any atom is 0.136 e. The predicted octanol–water partition coefficient (Wildman–Crippen LogP) is 3.46. The van der Waals surface area contributed by atoms with Crippen LogP contribution in [0.5, 0.6) is 0 Å². The van der Waals surface area contributed by atoms with Crippen LogP contribution in [0.15, 0.2) is 0 Å². The van der Waals surface area contributed by atoms with Gasteiger partial charge in [-0.1, -0.05) is 45.4 Å². The van der Waals surface area contributed by atoms with E-state index in [0.29, 0.717) is 24.5 Å². The zero-order valence-corrected chi connectivity index (χ0v) is 13.5. The lowest BCUT2D eigenvalue weighted by molar-refractivity contribution is -0.133. The van der Waals surface area contributed by atoms with Gasteiger partial charge in [0.15, 0.2) is 0 Å². The number of hydrogen-bond acceptors (Lipinski definition) is 3. The molecule has 0 radical (unpaired) electrons. The van der Waals surface area contributed by atoms with Crippen LogP contribution >= 0.6 is 0 Å². The highest BCUT2D eigenvalue weighted by Crippen LogP contribution is 2.49. The maximum absolute atomic E-state index is 11.4. The van der Waals surface area contributed by atoms with E-state index in [9.17, 15) is 15.0 Å². The van der Waals surface area contributed by atoms with Gasteiger partial charge in [0.2, 0.25) is 0 Å². The predicted molar refractivity (Wildman–Crippen MR) is 84.0 cm³/mol. The summed E-state index contributed by atoms with van der Waals surface area (Å²) < 4.78 is 0. The van der Waals surface area contributed by atoms with E-state index in [1.807, 2.05) is 0 Å². The Morgan fingerprint density at radius 1 is 1.14 bits per heavy atom. The highest BCUT2D eigenvalue weighted by molar-refractivity contribution is 5.88. The van der Waals surface area contributed by atoms with Crippen LogP contribution < -0.4 is 0 Å². The SMILES string of the molecule is CCCCCCCCC(O)CCC1C(O)CC2C(=O)CC21. The van der Waals surface area contributed by atoms with Crippen molar-refractivity contribution in [3.8, 4) is 0 Å². The fourth-order valence-electron chi connectivity index (χ4n) is 4.18. The topological polar surface area (TPSA) is 57.5 Å². The Bertz CT molecular complexity index is 328. The lowest BCUT2D eigenvalue weighted by atomic mass is 9.70. The van der Waals surface area contributed by atoms with E-state index in [2.05, 4.69) is 6.92 Å². The molecule has 2 aliphatic carbocycles. The quantitative estimate of drug-likeness (QED) is 0.607. The van der Waals surface area contributed by atoms with Crippen molar-refractivity contribution in [2.75, 3.05) is 0 Å². The van der Waals surface area contributed by atoms with Gasteiger partial charge in [0.25, 0.3) is 0 Å². The summed E-state index contributed by atoms with van der Waals surface area (Å²) in [4.78, 5) is 11.4. The second-order valence-electron chi connectivity index (χ2n) is 7.20. The van der Waals surface area contributed by atoms with Crippen molar-refractivity contribution in [1.29, 1.82) is 0 Å². The fraction of sp³-hybridized carbons (Fsp3) is 0.944. The third kappa shape index (κ3) is 4.53. The lowest BCUT2D eigenvalue weighted by Crippen LogP contribution is -2.36. The highest BCUT2D eigenvalue weighted by atomic mass is 16.3. The minimum atomic E-state index is -0.312. The molecule has 0 aliphatic heterocycles. The number of aliphatic hydroxyl groups is 2. The van der Waals surface area contributed by atoms with E-state index in [-0.39, 0.29) is 24.0 Å². The summed E-state index contributed by atoms with van der Waals surface area (Å²) >= 11 is 0. The number of carbonyl (C=O) groups excluding carboxylic acids is 1. The number of rotatable bonds is 10. The van der Waals surface area contributed by atoms with Crippen LogP contribution in [-0.4, -0.2) is 28.2 Å². The van der Waals surface area contributed by atoms with Gasteiger partial charge in [0.05, 0.1) is 12.2 Å². The van der Waals surface area contributed by atoms with Gasteiger partial charge >= 0.3 is 0 Å². The van der Waals surface area contributed by atoms with Crippen molar-refractivity contribution in [2.45, 2.75) is 89.8 Å². The molecule has 2 fully saturated rings. The summed E-state index contributed by atoms with van der Waals surface area (Å²) in [7, 11) is 0. The molecule has 0 aromatic carbocycles. The van der Waals surface area contributed by atoms with Crippen LogP contribution in [0.3, 0.4) is 0 Å². The summed E-state index contributed by atoms with van der Waals surface area (Å²) in [6.07, 6.45) is 10.9. The third-order valence-corrected chi connectivity index (χ3v) is 5.63. The third-order valence-electron chi connectivity index (χ3n) is 5.63. The fourth-order valence-corrected chi connectivity index (χ4v) is 4.18. The molecule has 2 rings (SSSR count). The smallest absolute Gasteiger partial charge is 0.136 e. The monoisotopic (exact) mass is 296 g/mol.